The number of thioether (sulfide) groups is 1. The van der Waals surface area contributed by atoms with E-state index in [1.807, 2.05) is 46.9 Å². The van der Waals surface area contributed by atoms with Crippen LogP contribution >= 0.6 is 11.8 Å². The number of carbonyl (C=O) groups is 1. The van der Waals surface area contributed by atoms with Crippen LogP contribution in [0.2, 0.25) is 0 Å². The maximum atomic E-state index is 11.7. The predicted octanol–water partition coefficient (Wildman–Crippen LogP) is 5.42. The lowest BCUT2D eigenvalue weighted by atomic mass is 10.0. The fourth-order valence-electron chi connectivity index (χ4n) is 2.18. The van der Waals surface area contributed by atoms with Gasteiger partial charge in [-0.25, -0.2) is 4.99 Å². The third kappa shape index (κ3) is 8.35. The van der Waals surface area contributed by atoms with Gasteiger partial charge in [-0.3, -0.25) is 4.79 Å². The summed E-state index contributed by atoms with van der Waals surface area (Å²) in [4.78, 5) is 16.1. The van der Waals surface area contributed by atoms with Crippen LogP contribution in [0.25, 0.3) is 0 Å². The van der Waals surface area contributed by atoms with Gasteiger partial charge in [-0.1, -0.05) is 67.2 Å². The van der Waals surface area contributed by atoms with Crippen LogP contribution in [-0.2, 0) is 4.79 Å². The minimum atomic E-state index is -0.0262. The summed E-state index contributed by atoms with van der Waals surface area (Å²) in [7, 11) is 0. The molecule has 0 spiro atoms. The van der Waals surface area contributed by atoms with E-state index < -0.39 is 0 Å². The second kappa shape index (κ2) is 12.1. The lowest BCUT2D eigenvalue weighted by Crippen LogP contribution is -2.81. The van der Waals surface area contributed by atoms with Gasteiger partial charge in [0.1, 0.15) is 0 Å². The summed E-state index contributed by atoms with van der Waals surface area (Å²) in [5.41, 5.74) is 3.79. The molecule has 148 valence electrons. The average molecular weight is 379 g/mol. The van der Waals surface area contributed by atoms with Crippen LogP contribution in [0.1, 0.15) is 76.2 Å². The maximum absolute atomic E-state index is 11.7. The van der Waals surface area contributed by atoms with Crippen LogP contribution in [-0.4, -0.2) is 22.8 Å². The van der Waals surface area contributed by atoms with Crippen LogP contribution in [0, 0.1) is 0 Å². The first-order valence-electron chi connectivity index (χ1n) is 9.57. The van der Waals surface area contributed by atoms with E-state index in [1.54, 1.807) is 17.8 Å². The number of carbonyl (C=O) groups excluding carboxylic acids is 1. The molecule has 0 saturated heterocycles. The molecular formula is C23H40NOS+. The van der Waals surface area contributed by atoms with Gasteiger partial charge in [0.15, 0.2) is 18.0 Å². The second-order valence-electron chi connectivity index (χ2n) is 7.35. The Hall–Kier alpha value is -1.35. The monoisotopic (exact) mass is 378 g/mol. The van der Waals surface area contributed by atoms with Gasteiger partial charge in [0, 0.05) is 15.2 Å². The van der Waals surface area contributed by atoms with E-state index in [0.29, 0.717) is 0 Å². The van der Waals surface area contributed by atoms with Gasteiger partial charge < -0.3 is 0 Å². The van der Waals surface area contributed by atoms with Crippen molar-refractivity contribution in [3.05, 3.63) is 45.9 Å². The highest BCUT2D eigenvalue weighted by Gasteiger charge is 2.31. The zero-order valence-electron chi connectivity index (χ0n) is 18.8. The Kier molecular flexibility index (Phi) is 12.5. The zero-order valence-corrected chi connectivity index (χ0v) is 19.6. The molecule has 0 bridgehead atoms. The van der Waals surface area contributed by atoms with Crippen molar-refractivity contribution in [1.29, 1.82) is 0 Å². The molecule has 0 aromatic rings. The van der Waals surface area contributed by atoms with E-state index in [-0.39, 0.29) is 10.3 Å². The second-order valence-corrected chi connectivity index (χ2v) is 9.18. The SMILES string of the molecule is C=CC1=C(C=O)C(SC(C)(C)C)=C(C=[NH+]C(C)(C)C)/C1=C/C.CC.CC. The number of nitrogens with one attached hydrogen (secondary N) is 1. The number of rotatable bonds is 4. The summed E-state index contributed by atoms with van der Waals surface area (Å²) in [5, 5.41) is 0. The number of hydrogen-bond donors (Lipinski definition) is 1. The molecule has 1 rings (SSSR count). The zero-order chi connectivity index (χ0) is 21.1. The van der Waals surface area contributed by atoms with Gasteiger partial charge in [-0.15, -0.1) is 11.8 Å². The molecule has 1 aliphatic rings. The first-order chi connectivity index (χ1) is 12.0. The standard InChI is InChI=1S/C19H27NOS.2C2H6/c1-9-13-14(10-2)16(12-21)17(22-19(6,7)8)15(13)11-20-18(3,4)5;2*1-2/h9-12H,2H2,1,3-8H3;2*1-2H3/p+1/b13-9+,20-11?;;. The molecule has 0 fully saturated rings. The first-order valence-corrected chi connectivity index (χ1v) is 10.4. The number of hydrogen-bond acceptors (Lipinski definition) is 2. The summed E-state index contributed by atoms with van der Waals surface area (Å²) in [5.74, 6) is 0. The summed E-state index contributed by atoms with van der Waals surface area (Å²) in [6.45, 7) is 26.7. The van der Waals surface area contributed by atoms with Crippen LogP contribution in [0.4, 0.5) is 0 Å². The average Bonchev–Trinajstić information content (AvgIpc) is 2.85. The maximum Gasteiger partial charge on any atom is 0.171 e. The van der Waals surface area contributed by atoms with Crippen LogP contribution in [0.5, 0.6) is 0 Å². The Bertz CT molecular complexity index is 591. The molecule has 26 heavy (non-hydrogen) atoms. The summed E-state index contributed by atoms with van der Waals surface area (Å²) >= 11 is 1.72. The molecular weight excluding hydrogens is 338 g/mol. The molecule has 0 radical (unpaired) electrons. The Morgan fingerprint density at radius 1 is 0.923 bits per heavy atom. The molecule has 3 heteroatoms. The smallest absolute Gasteiger partial charge is 0.171 e. The largest absolute Gasteiger partial charge is 0.298 e. The number of aldehydes is 1. The van der Waals surface area contributed by atoms with E-state index in [0.717, 1.165) is 33.5 Å². The molecule has 2 nitrogen and oxygen atoms in total. The fourth-order valence-corrected chi connectivity index (χ4v) is 3.34. The Morgan fingerprint density at radius 3 is 1.73 bits per heavy atom. The van der Waals surface area contributed by atoms with Crippen molar-refractivity contribution < 1.29 is 9.79 Å². The van der Waals surface area contributed by atoms with Crippen molar-refractivity contribution in [2.24, 2.45) is 0 Å². The van der Waals surface area contributed by atoms with Gasteiger partial charge in [-0.05, 0) is 38.8 Å². The van der Waals surface area contributed by atoms with Gasteiger partial charge in [0.05, 0.1) is 5.57 Å². The summed E-state index contributed by atoms with van der Waals surface area (Å²) in [6, 6.07) is 0. The highest BCUT2D eigenvalue weighted by Crippen LogP contribution is 2.45. The molecule has 0 heterocycles. The topological polar surface area (TPSA) is 31.0 Å². The molecule has 0 unspecified atom stereocenters. The molecule has 0 aromatic heterocycles. The van der Waals surface area contributed by atoms with E-state index in [1.165, 1.54) is 0 Å². The third-order valence-corrected chi connectivity index (χ3v) is 4.28. The van der Waals surface area contributed by atoms with Crippen molar-refractivity contribution in [2.45, 2.75) is 86.4 Å². The molecule has 0 atom stereocenters. The van der Waals surface area contributed by atoms with E-state index in [9.17, 15) is 4.79 Å². The van der Waals surface area contributed by atoms with Gasteiger partial charge in [0.25, 0.3) is 0 Å². The van der Waals surface area contributed by atoms with Crippen molar-refractivity contribution in [3.63, 3.8) is 0 Å². The highest BCUT2D eigenvalue weighted by molar-refractivity contribution is 8.04. The van der Waals surface area contributed by atoms with Crippen molar-refractivity contribution >= 4 is 24.3 Å². The Labute approximate surface area is 166 Å². The Balaban J connectivity index is 0. The molecule has 1 aliphatic carbocycles. The van der Waals surface area contributed by atoms with Crippen LogP contribution in [0.3, 0.4) is 0 Å². The van der Waals surface area contributed by atoms with E-state index in [4.69, 9.17) is 0 Å². The van der Waals surface area contributed by atoms with Crippen LogP contribution in [0.15, 0.2) is 45.9 Å². The van der Waals surface area contributed by atoms with Gasteiger partial charge in [-0.2, -0.15) is 0 Å². The quantitative estimate of drug-likeness (QED) is 0.523. The first kappa shape index (κ1) is 26.9. The fraction of sp³-hybridized carbons (Fsp3) is 0.565. The molecule has 0 amide bonds. The predicted molar refractivity (Wildman–Crippen MR) is 121 cm³/mol. The lowest BCUT2D eigenvalue weighted by Gasteiger charge is -2.19. The minimum Gasteiger partial charge on any atom is -0.298 e. The van der Waals surface area contributed by atoms with Crippen molar-refractivity contribution in [3.8, 4) is 0 Å². The third-order valence-electron chi connectivity index (χ3n) is 3.03. The summed E-state index contributed by atoms with van der Waals surface area (Å²) < 4.78 is 0.0277. The van der Waals surface area contributed by atoms with Crippen molar-refractivity contribution in [2.75, 3.05) is 0 Å². The normalized spacial score (nSPS) is 16.3. The minimum absolute atomic E-state index is 0.0262. The lowest BCUT2D eigenvalue weighted by molar-refractivity contribution is -0.533. The van der Waals surface area contributed by atoms with Gasteiger partial charge in [0.2, 0.25) is 0 Å². The Morgan fingerprint density at radius 2 is 1.42 bits per heavy atom. The van der Waals surface area contributed by atoms with Gasteiger partial charge >= 0.3 is 0 Å². The van der Waals surface area contributed by atoms with E-state index >= 15 is 0 Å². The summed E-state index contributed by atoms with van der Waals surface area (Å²) in [6.07, 6.45) is 6.81. The molecule has 0 saturated carbocycles. The van der Waals surface area contributed by atoms with E-state index in [2.05, 4.69) is 53.1 Å². The van der Waals surface area contributed by atoms with Crippen molar-refractivity contribution in [1.82, 2.24) is 0 Å². The number of allylic oxidation sites excluding steroid dienone is 6. The van der Waals surface area contributed by atoms with Crippen LogP contribution < -0.4 is 4.99 Å². The molecule has 0 aliphatic heterocycles. The molecule has 0 aromatic carbocycles. The highest BCUT2D eigenvalue weighted by atomic mass is 32.2. The molecule has 1 N–H and O–H groups in total.